The van der Waals surface area contributed by atoms with Gasteiger partial charge in [-0.1, -0.05) is 56.3 Å². The number of rotatable bonds is 6. The molecule has 1 atom stereocenters. The van der Waals surface area contributed by atoms with Crippen molar-refractivity contribution in [3.63, 3.8) is 0 Å². The summed E-state index contributed by atoms with van der Waals surface area (Å²) in [6.45, 7) is 6.16. The number of hydrogen-bond donors (Lipinski definition) is 1. The van der Waals surface area contributed by atoms with Crippen LogP contribution in [0.25, 0.3) is 5.69 Å². The zero-order chi connectivity index (χ0) is 21.8. The van der Waals surface area contributed by atoms with E-state index in [-0.39, 0.29) is 12.1 Å². The van der Waals surface area contributed by atoms with Crippen molar-refractivity contribution < 1.29 is 9.53 Å². The average molecular weight is 418 g/mol. The highest BCUT2D eigenvalue weighted by Crippen LogP contribution is 2.36. The lowest BCUT2D eigenvalue weighted by atomic mass is 9.97. The van der Waals surface area contributed by atoms with Crippen LogP contribution < -0.4 is 5.32 Å². The summed E-state index contributed by atoms with van der Waals surface area (Å²) in [5.74, 6) is 0.469. The molecule has 2 amide bonds. The minimum atomic E-state index is -0.175. The Labute approximate surface area is 184 Å². The van der Waals surface area contributed by atoms with Crippen LogP contribution in [0.2, 0.25) is 0 Å². The van der Waals surface area contributed by atoms with Gasteiger partial charge in [0.2, 0.25) is 0 Å². The Balaban J connectivity index is 1.75. The summed E-state index contributed by atoms with van der Waals surface area (Å²) in [6.07, 6.45) is 2.88. The van der Waals surface area contributed by atoms with Gasteiger partial charge in [0.1, 0.15) is 0 Å². The second kappa shape index (κ2) is 9.40. The Morgan fingerprint density at radius 3 is 2.61 bits per heavy atom. The number of fused-ring (bicyclic) bond motifs is 3. The van der Waals surface area contributed by atoms with Crippen molar-refractivity contribution in [1.82, 2.24) is 14.8 Å². The van der Waals surface area contributed by atoms with Crippen LogP contribution in [0, 0.1) is 0 Å². The van der Waals surface area contributed by atoms with E-state index in [4.69, 9.17) is 4.74 Å². The smallest absolute Gasteiger partial charge is 0.318 e. The van der Waals surface area contributed by atoms with Gasteiger partial charge in [-0.15, -0.1) is 0 Å². The van der Waals surface area contributed by atoms with E-state index in [9.17, 15) is 4.79 Å². The fourth-order valence-electron chi connectivity index (χ4n) is 4.27. The van der Waals surface area contributed by atoms with Crippen LogP contribution >= 0.6 is 0 Å². The predicted octanol–water partition coefficient (Wildman–Crippen LogP) is 5.25. The first-order chi connectivity index (χ1) is 15.1. The molecule has 5 nitrogen and oxygen atoms in total. The quantitative estimate of drug-likeness (QED) is 0.557. The van der Waals surface area contributed by atoms with Crippen LogP contribution in [-0.4, -0.2) is 35.8 Å². The van der Waals surface area contributed by atoms with E-state index in [0.717, 1.165) is 28.9 Å². The molecule has 162 valence electrons. The number of carbonyl (C=O) groups is 1. The molecule has 2 aromatic carbocycles. The molecule has 0 radical (unpaired) electrons. The van der Waals surface area contributed by atoms with Gasteiger partial charge in [-0.2, -0.15) is 0 Å². The van der Waals surface area contributed by atoms with E-state index in [1.165, 1.54) is 5.56 Å². The van der Waals surface area contributed by atoms with Gasteiger partial charge in [0.25, 0.3) is 0 Å². The number of nitrogens with zero attached hydrogens (tertiary/aromatic N) is 2. The first-order valence-corrected chi connectivity index (χ1v) is 11.0. The van der Waals surface area contributed by atoms with E-state index in [1.807, 2.05) is 11.0 Å². The topological polar surface area (TPSA) is 46.5 Å². The molecule has 31 heavy (non-hydrogen) atoms. The molecule has 1 aliphatic heterocycles. The standard InChI is InChI=1S/C26H31N3O2/c1-19(2)20-11-13-21(14-12-20)25-24-10-6-16-28(24)23-9-5-4-8-22(23)18-29(25)26(30)27-15-7-17-31-3/h4-6,8-14,16,19,25H,7,15,17-18H2,1-3H3,(H,27,30)/t25-/m1/s1. The van der Waals surface area contributed by atoms with E-state index in [2.05, 4.69) is 84.5 Å². The third kappa shape index (κ3) is 4.37. The normalized spacial score (nSPS) is 15.4. The van der Waals surface area contributed by atoms with Crippen molar-refractivity contribution >= 4 is 6.03 Å². The molecule has 0 saturated carbocycles. The van der Waals surface area contributed by atoms with Crippen LogP contribution in [0.1, 0.15) is 54.6 Å². The van der Waals surface area contributed by atoms with Crippen LogP contribution in [0.3, 0.4) is 0 Å². The highest BCUT2D eigenvalue weighted by Gasteiger charge is 2.32. The maximum absolute atomic E-state index is 13.4. The van der Waals surface area contributed by atoms with Crippen LogP contribution in [0.4, 0.5) is 4.79 Å². The molecule has 1 aromatic heterocycles. The Morgan fingerprint density at radius 2 is 1.87 bits per heavy atom. The van der Waals surface area contributed by atoms with Gasteiger partial charge in [-0.25, -0.2) is 4.79 Å². The molecule has 0 aliphatic carbocycles. The van der Waals surface area contributed by atoms with E-state index in [1.54, 1.807) is 7.11 Å². The Bertz CT molecular complexity index is 1020. The lowest BCUT2D eigenvalue weighted by Crippen LogP contribution is -2.42. The number of carbonyl (C=O) groups excluding carboxylic acids is 1. The number of para-hydroxylation sites is 1. The first-order valence-electron chi connectivity index (χ1n) is 11.0. The van der Waals surface area contributed by atoms with Gasteiger partial charge < -0.3 is 19.5 Å². The van der Waals surface area contributed by atoms with Crippen LogP contribution in [-0.2, 0) is 11.3 Å². The number of benzene rings is 2. The van der Waals surface area contributed by atoms with Crippen molar-refractivity contribution in [3.05, 3.63) is 89.2 Å². The third-order valence-electron chi connectivity index (χ3n) is 5.95. The van der Waals surface area contributed by atoms with Gasteiger partial charge in [-0.05, 0) is 47.2 Å². The molecule has 0 bridgehead atoms. The molecule has 0 unspecified atom stereocenters. The molecule has 5 heteroatoms. The molecular weight excluding hydrogens is 386 g/mol. The number of hydrogen-bond acceptors (Lipinski definition) is 2. The van der Waals surface area contributed by atoms with Crippen molar-refractivity contribution in [2.24, 2.45) is 0 Å². The first kappa shape index (κ1) is 21.2. The fourth-order valence-corrected chi connectivity index (χ4v) is 4.27. The number of urea groups is 1. The number of aromatic nitrogens is 1. The van der Waals surface area contributed by atoms with Crippen molar-refractivity contribution in [3.8, 4) is 5.69 Å². The van der Waals surface area contributed by atoms with Crippen LogP contribution in [0.15, 0.2) is 66.9 Å². The van der Waals surface area contributed by atoms with Crippen molar-refractivity contribution in [2.45, 2.75) is 38.8 Å². The van der Waals surface area contributed by atoms with Gasteiger partial charge in [0.05, 0.1) is 18.3 Å². The summed E-state index contributed by atoms with van der Waals surface area (Å²) in [5.41, 5.74) is 5.76. The lowest BCUT2D eigenvalue weighted by Gasteiger charge is -2.31. The summed E-state index contributed by atoms with van der Waals surface area (Å²) >= 11 is 0. The maximum Gasteiger partial charge on any atom is 0.318 e. The summed E-state index contributed by atoms with van der Waals surface area (Å²) in [6, 6.07) is 21.0. The highest BCUT2D eigenvalue weighted by molar-refractivity contribution is 5.76. The number of ether oxygens (including phenoxy) is 1. The molecule has 3 aromatic rings. The van der Waals surface area contributed by atoms with Gasteiger partial charge in [0.15, 0.2) is 0 Å². The van der Waals surface area contributed by atoms with E-state index in [0.29, 0.717) is 25.6 Å². The molecule has 0 spiro atoms. The zero-order valence-corrected chi connectivity index (χ0v) is 18.5. The Hall–Kier alpha value is -3.05. The average Bonchev–Trinajstić information content (AvgIpc) is 3.21. The van der Waals surface area contributed by atoms with Gasteiger partial charge in [0, 0.05) is 32.2 Å². The second-order valence-electron chi connectivity index (χ2n) is 8.36. The summed E-state index contributed by atoms with van der Waals surface area (Å²) in [4.78, 5) is 15.3. The Morgan fingerprint density at radius 1 is 1.10 bits per heavy atom. The summed E-state index contributed by atoms with van der Waals surface area (Å²) in [5, 5.41) is 3.10. The fraction of sp³-hybridized carbons (Fsp3) is 0.346. The largest absolute Gasteiger partial charge is 0.385 e. The molecule has 1 N–H and O–H groups in total. The van der Waals surface area contributed by atoms with Gasteiger partial charge >= 0.3 is 6.03 Å². The molecular formula is C26H31N3O2. The number of nitrogens with one attached hydrogen (secondary N) is 1. The molecule has 4 rings (SSSR count). The Kier molecular flexibility index (Phi) is 6.42. The summed E-state index contributed by atoms with van der Waals surface area (Å²) in [7, 11) is 1.68. The monoisotopic (exact) mass is 417 g/mol. The molecule has 0 saturated heterocycles. The van der Waals surface area contributed by atoms with Crippen LogP contribution in [0.5, 0.6) is 0 Å². The number of methoxy groups -OCH3 is 1. The SMILES string of the molecule is COCCCNC(=O)N1Cc2ccccc2-n2cccc2[C@H]1c1ccc(C(C)C)cc1. The van der Waals surface area contributed by atoms with E-state index < -0.39 is 0 Å². The highest BCUT2D eigenvalue weighted by atomic mass is 16.5. The number of amides is 2. The van der Waals surface area contributed by atoms with Gasteiger partial charge in [-0.3, -0.25) is 0 Å². The minimum Gasteiger partial charge on any atom is -0.385 e. The zero-order valence-electron chi connectivity index (χ0n) is 18.5. The molecule has 2 heterocycles. The minimum absolute atomic E-state index is 0.0570. The maximum atomic E-state index is 13.4. The molecule has 1 aliphatic rings. The predicted molar refractivity (Wildman–Crippen MR) is 124 cm³/mol. The van der Waals surface area contributed by atoms with Crippen molar-refractivity contribution in [1.29, 1.82) is 0 Å². The lowest BCUT2D eigenvalue weighted by molar-refractivity contribution is 0.174. The molecule has 0 fully saturated rings. The third-order valence-corrected chi connectivity index (χ3v) is 5.95. The van der Waals surface area contributed by atoms with E-state index >= 15 is 0 Å². The summed E-state index contributed by atoms with van der Waals surface area (Å²) < 4.78 is 7.34. The second-order valence-corrected chi connectivity index (χ2v) is 8.36. The van der Waals surface area contributed by atoms with Crippen molar-refractivity contribution in [2.75, 3.05) is 20.3 Å².